The summed E-state index contributed by atoms with van der Waals surface area (Å²) in [5.74, 6) is 0.944. The minimum absolute atomic E-state index is 0.233. The van der Waals surface area contributed by atoms with Crippen LogP contribution < -0.4 is 10.1 Å². The maximum absolute atomic E-state index is 9.78. The minimum Gasteiger partial charge on any atom is -0.508 e. The highest BCUT2D eigenvalue weighted by atomic mass is 79.9. The van der Waals surface area contributed by atoms with Gasteiger partial charge in [-0.2, -0.15) is 0 Å². The largest absolute Gasteiger partial charge is 0.508 e. The summed E-state index contributed by atoms with van der Waals surface area (Å²) in [6, 6.07) is 10.7. The fourth-order valence-electron chi connectivity index (χ4n) is 1.63. The zero-order valence-corrected chi connectivity index (χ0v) is 12.6. The van der Waals surface area contributed by atoms with Gasteiger partial charge >= 0.3 is 0 Å². The van der Waals surface area contributed by atoms with Crippen LogP contribution in [0.5, 0.6) is 11.5 Å². The van der Waals surface area contributed by atoms with Crippen molar-refractivity contribution in [2.75, 3.05) is 12.4 Å². The van der Waals surface area contributed by atoms with Crippen LogP contribution in [0.2, 0.25) is 5.02 Å². The highest BCUT2D eigenvalue weighted by Crippen LogP contribution is 2.27. The lowest BCUT2D eigenvalue weighted by Crippen LogP contribution is -2.00. The van der Waals surface area contributed by atoms with Gasteiger partial charge in [-0.25, -0.2) is 0 Å². The molecule has 0 saturated carbocycles. The Morgan fingerprint density at radius 3 is 2.74 bits per heavy atom. The summed E-state index contributed by atoms with van der Waals surface area (Å²) in [7, 11) is 1.60. The molecule has 0 atom stereocenters. The van der Waals surface area contributed by atoms with Crippen molar-refractivity contribution in [3.63, 3.8) is 0 Å². The molecule has 0 aliphatic rings. The van der Waals surface area contributed by atoms with Gasteiger partial charge in [-0.1, -0.05) is 11.6 Å². The van der Waals surface area contributed by atoms with Crippen LogP contribution in [-0.2, 0) is 6.54 Å². The van der Waals surface area contributed by atoms with Crippen molar-refractivity contribution in [2.24, 2.45) is 0 Å². The second kappa shape index (κ2) is 6.17. The van der Waals surface area contributed by atoms with Gasteiger partial charge in [-0.05, 0) is 52.3 Å². The summed E-state index contributed by atoms with van der Waals surface area (Å²) >= 11 is 9.36. The van der Waals surface area contributed by atoms with Gasteiger partial charge in [0, 0.05) is 22.3 Å². The Bertz CT molecular complexity index is 590. The number of hydrogen-bond donors (Lipinski definition) is 2. The van der Waals surface area contributed by atoms with Crippen LogP contribution in [0.1, 0.15) is 5.56 Å². The van der Waals surface area contributed by atoms with Gasteiger partial charge in [0.25, 0.3) is 0 Å². The average Bonchev–Trinajstić information content (AvgIpc) is 2.41. The fraction of sp³-hybridized carbons (Fsp3) is 0.143. The first-order valence-corrected chi connectivity index (χ1v) is 6.82. The second-order valence-corrected chi connectivity index (χ2v) is 5.24. The van der Waals surface area contributed by atoms with Crippen LogP contribution in [-0.4, -0.2) is 12.2 Å². The first-order valence-electron chi connectivity index (χ1n) is 5.65. The molecule has 0 bridgehead atoms. The van der Waals surface area contributed by atoms with Crippen molar-refractivity contribution < 1.29 is 9.84 Å². The lowest BCUT2D eigenvalue weighted by atomic mass is 10.2. The van der Waals surface area contributed by atoms with Crippen LogP contribution in [0.25, 0.3) is 0 Å². The van der Waals surface area contributed by atoms with E-state index in [0.717, 1.165) is 15.7 Å². The van der Waals surface area contributed by atoms with Gasteiger partial charge in [-0.3, -0.25) is 0 Å². The number of phenolic OH excluding ortho intramolecular Hbond substituents is 1. The summed E-state index contributed by atoms with van der Waals surface area (Å²) in [6.07, 6.45) is 0. The summed E-state index contributed by atoms with van der Waals surface area (Å²) in [6.45, 7) is 0.487. The quantitative estimate of drug-likeness (QED) is 0.863. The molecule has 0 saturated heterocycles. The molecule has 19 heavy (non-hydrogen) atoms. The molecule has 3 nitrogen and oxygen atoms in total. The van der Waals surface area contributed by atoms with Crippen molar-refractivity contribution in [1.82, 2.24) is 0 Å². The van der Waals surface area contributed by atoms with Gasteiger partial charge < -0.3 is 15.2 Å². The molecule has 0 radical (unpaired) electrons. The predicted molar refractivity (Wildman–Crippen MR) is 81.1 cm³/mol. The topological polar surface area (TPSA) is 41.5 Å². The lowest BCUT2D eigenvalue weighted by Gasteiger charge is -2.10. The zero-order chi connectivity index (χ0) is 13.8. The highest BCUT2D eigenvalue weighted by molar-refractivity contribution is 9.10. The molecule has 2 rings (SSSR count). The van der Waals surface area contributed by atoms with Crippen molar-refractivity contribution >= 4 is 33.2 Å². The summed E-state index contributed by atoms with van der Waals surface area (Å²) < 4.78 is 5.98. The SMILES string of the molecule is COc1ccc(O)c(CNc2ccc(Br)c(Cl)c2)c1. The van der Waals surface area contributed by atoms with E-state index in [1.807, 2.05) is 18.2 Å². The Morgan fingerprint density at radius 2 is 2.05 bits per heavy atom. The van der Waals surface area contributed by atoms with Gasteiger partial charge in [0.05, 0.1) is 12.1 Å². The molecule has 100 valence electrons. The van der Waals surface area contributed by atoms with Crippen LogP contribution in [0.15, 0.2) is 40.9 Å². The molecular formula is C14H13BrClNO2. The van der Waals surface area contributed by atoms with Crippen molar-refractivity contribution in [3.8, 4) is 11.5 Å². The van der Waals surface area contributed by atoms with E-state index in [1.165, 1.54) is 0 Å². The van der Waals surface area contributed by atoms with Crippen molar-refractivity contribution in [2.45, 2.75) is 6.54 Å². The number of ether oxygens (including phenoxy) is 1. The molecule has 2 aromatic rings. The smallest absolute Gasteiger partial charge is 0.120 e. The van der Waals surface area contributed by atoms with E-state index < -0.39 is 0 Å². The first-order chi connectivity index (χ1) is 9.10. The monoisotopic (exact) mass is 341 g/mol. The molecule has 0 fully saturated rings. The molecule has 0 aromatic heterocycles. The minimum atomic E-state index is 0.233. The predicted octanol–water partition coefficient (Wildman–Crippen LogP) is 4.43. The van der Waals surface area contributed by atoms with E-state index in [-0.39, 0.29) is 5.75 Å². The Morgan fingerprint density at radius 1 is 1.26 bits per heavy atom. The average molecular weight is 343 g/mol. The number of benzene rings is 2. The molecule has 0 spiro atoms. The molecule has 0 aliphatic carbocycles. The third kappa shape index (κ3) is 3.55. The number of nitrogens with one attached hydrogen (secondary N) is 1. The van der Waals surface area contributed by atoms with Crippen LogP contribution >= 0.6 is 27.5 Å². The molecule has 0 amide bonds. The summed E-state index contributed by atoms with van der Waals surface area (Å²) in [4.78, 5) is 0. The molecule has 2 aromatic carbocycles. The number of methoxy groups -OCH3 is 1. The van der Waals surface area contributed by atoms with Crippen LogP contribution in [0, 0.1) is 0 Å². The number of hydrogen-bond acceptors (Lipinski definition) is 3. The van der Waals surface area contributed by atoms with Gasteiger partial charge in [0.15, 0.2) is 0 Å². The van der Waals surface area contributed by atoms with Crippen molar-refractivity contribution in [1.29, 1.82) is 0 Å². The van der Waals surface area contributed by atoms with Gasteiger partial charge in [0.2, 0.25) is 0 Å². The molecule has 0 heterocycles. The van der Waals surface area contributed by atoms with Crippen molar-refractivity contribution in [3.05, 3.63) is 51.5 Å². The van der Waals surface area contributed by atoms with E-state index in [0.29, 0.717) is 17.3 Å². The number of phenols is 1. The number of aromatic hydroxyl groups is 1. The number of anilines is 1. The maximum atomic E-state index is 9.78. The summed E-state index contributed by atoms with van der Waals surface area (Å²) in [5.41, 5.74) is 1.65. The molecule has 5 heteroatoms. The number of halogens is 2. The molecule has 0 aliphatic heterocycles. The highest BCUT2D eigenvalue weighted by Gasteiger charge is 2.04. The molecular weight excluding hydrogens is 330 g/mol. The van der Waals surface area contributed by atoms with Gasteiger partial charge in [-0.15, -0.1) is 0 Å². The number of rotatable bonds is 4. The van der Waals surface area contributed by atoms with Gasteiger partial charge in [0.1, 0.15) is 11.5 Å². The third-order valence-corrected chi connectivity index (χ3v) is 3.92. The van der Waals surface area contributed by atoms with E-state index in [1.54, 1.807) is 25.3 Å². The standard InChI is InChI=1S/C14H13BrClNO2/c1-19-11-3-5-14(18)9(6-11)8-17-10-2-4-12(15)13(16)7-10/h2-7,17-18H,8H2,1H3. The Balaban J connectivity index is 2.11. The van der Waals surface area contributed by atoms with Crippen LogP contribution in [0.3, 0.4) is 0 Å². The van der Waals surface area contributed by atoms with E-state index >= 15 is 0 Å². The third-order valence-electron chi connectivity index (χ3n) is 2.69. The zero-order valence-electron chi connectivity index (χ0n) is 10.3. The lowest BCUT2D eigenvalue weighted by molar-refractivity contribution is 0.411. The van der Waals surface area contributed by atoms with E-state index in [9.17, 15) is 5.11 Å². The molecule has 0 unspecified atom stereocenters. The first kappa shape index (κ1) is 14.0. The van der Waals surface area contributed by atoms with Crippen LogP contribution in [0.4, 0.5) is 5.69 Å². The van der Waals surface area contributed by atoms with E-state index in [4.69, 9.17) is 16.3 Å². The van der Waals surface area contributed by atoms with E-state index in [2.05, 4.69) is 21.2 Å². The Labute approximate surface area is 125 Å². The normalized spacial score (nSPS) is 10.3. The fourth-order valence-corrected chi connectivity index (χ4v) is 2.06. The summed E-state index contributed by atoms with van der Waals surface area (Å²) in [5, 5.41) is 13.6. The molecule has 2 N–H and O–H groups in total. The maximum Gasteiger partial charge on any atom is 0.120 e. The Hall–Kier alpha value is -1.39. The Kier molecular flexibility index (Phi) is 4.56. The second-order valence-electron chi connectivity index (χ2n) is 3.98.